The molecule has 2 nitrogen and oxygen atoms in total. The van der Waals surface area contributed by atoms with Crippen molar-refractivity contribution in [1.29, 1.82) is 0 Å². The molecule has 0 saturated carbocycles. The minimum absolute atomic E-state index is 0.950. The van der Waals surface area contributed by atoms with E-state index in [-0.39, 0.29) is 0 Å². The first-order valence-corrected chi connectivity index (χ1v) is 4.82. The Kier molecular flexibility index (Phi) is 2.54. The summed E-state index contributed by atoms with van der Waals surface area (Å²) in [6.45, 7) is 0. The minimum Gasteiger partial charge on any atom is -0.402 e. The summed E-state index contributed by atoms with van der Waals surface area (Å²) in [4.78, 5) is 0. The fraction of sp³-hybridized carbons (Fsp3) is 0.167. The Hall–Kier alpha value is -1.70. The van der Waals surface area contributed by atoms with Crippen LogP contribution in [0.3, 0.4) is 0 Å². The highest BCUT2D eigenvalue weighted by Crippen LogP contribution is 2.17. The van der Waals surface area contributed by atoms with Gasteiger partial charge in [-0.15, -0.1) is 0 Å². The number of nitrogens with one attached hydrogen (secondary N) is 1. The van der Waals surface area contributed by atoms with Gasteiger partial charge in [0.25, 0.3) is 0 Å². The van der Waals surface area contributed by atoms with E-state index in [1.807, 2.05) is 30.4 Å². The molecule has 0 aromatic heterocycles. The zero-order valence-electron chi connectivity index (χ0n) is 8.03. The third-order valence-electron chi connectivity index (χ3n) is 2.26. The van der Waals surface area contributed by atoms with Crippen molar-refractivity contribution in [2.45, 2.75) is 12.8 Å². The Bertz CT molecular complexity index is 363. The molecule has 1 aromatic carbocycles. The largest absolute Gasteiger partial charge is 0.402 e. The van der Waals surface area contributed by atoms with E-state index in [4.69, 9.17) is 5.73 Å². The molecule has 0 amide bonds. The maximum atomic E-state index is 5.68. The lowest BCUT2D eigenvalue weighted by atomic mass is 10.1. The van der Waals surface area contributed by atoms with E-state index < -0.39 is 0 Å². The van der Waals surface area contributed by atoms with Crippen molar-refractivity contribution in [2.24, 2.45) is 5.73 Å². The lowest BCUT2D eigenvalue weighted by Gasteiger charge is -2.14. The Morgan fingerprint density at radius 3 is 2.43 bits per heavy atom. The third-order valence-corrected chi connectivity index (χ3v) is 2.26. The van der Waals surface area contributed by atoms with E-state index in [0.717, 1.165) is 24.2 Å². The molecule has 0 atom stereocenters. The van der Waals surface area contributed by atoms with E-state index in [1.165, 1.54) is 5.70 Å². The predicted molar refractivity (Wildman–Crippen MR) is 59.7 cm³/mol. The van der Waals surface area contributed by atoms with Crippen LogP contribution in [0.4, 0.5) is 5.69 Å². The van der Waals surface area contributed by atoms with Crippen molar-refractivity contribution >= 4 is 5.69 Å². The summed E-state index contributed by atoms with van der Waals surface area (Å²) < 4.78 is 0. The van der Waals surface area contributed by atoms with Crippen molar-refractivity contribution in [1.82, 2.24) is 0 Å². The van der Waals surface area contributed by atoms with E-state index >= 15 is 0 Å². The molecule has 0 spiro atoms. The average molecular weight is 186 g/mol. The Morgan fingerprint density at radius 1 is 1.00 bits per heavy atom. The Balaban J connectivity index is 2.06. The Labute approximate surface area is 84.1 Å². The number of benzene rings is 1. The zero-order valence-corrected chi connectivity index (χ0v) is 8.03. The van der Waals surface area contributed by atoms with Crippen LogP contribution in [0.15, 0.2) is 53.9 Å². The summed E-state index contributed by atoms with van der Waals surface area (Å²) in [6.07, 6.45) is 5.96. The molecule has 72 valence electrons. The smallest absolute Gasteiger partial charge is 0.0381 e. The summed E-state index contributed by atoms with van der Waals surface area (Å²) in [5, 5.41) is 3.36. The first-order valence-electron chi connectivity index (χ1n) is 4.82. The van der Waals surface area contributed by atoms with Gasteiger partial charge in [-0.25, -0.2) is 0 Å². The number of rotatable bonds is 2. The normalized spacial score (nSPS) is 15.7. The molecule has 1 aliphatic carbocycles. The van der Waals surface area contributed by atoms with Crippen LogP contribution >= 0.6 is 0 Å². The van der Waals surface area contributed by atoms with E-state index in [1.54, 1.807) is 0 Å². The van der Waals surface area contributed by atoms with Crippen molar-refractivity contribution < 1.29 is 0 Å². The van der Waals surface area contributed by atoms with Crippen LogP contribution in [0.5, 0.6) is 0 Å². The molecule has 1 aromatic rings. The zero-order chi connectivity index (χ0) is 9.80. The average Bonchev–Trinajstić information content (AvgIpc) is 2.23. The highest BCUT2D eigenvalue weighted by atomic mass is 14.9. The van der Waals surface area contributed by atoms with Gasteiger partial charge in [-0.2, -0.15) is 0 Å². The number of anilines is 1. The van der Waals surface area contributed by atoms with Crippen molar-refractivity contribution in [3.05, 3.63) is 53.9 Å². The number of nitrogens with two attached hydrogens (primary N) is 1. The summed E-state index contributed by atoms with van der Waals surface area (Å²) in [5.74, 6) is 0. The van der Waals surface area contributed by atoms with Gasteiger partial charge in [0.1, 0.15) is 0 Å². The van der Waals surface area contributed by atoms with Crippen LogP contribution in [0.25, 0.3) is 0 Å². The molecule has 2 rings (SSSR count). The third kappa shape index (κ3) is 2.16. The molecule has 3 N–H and O–H groups in total. The van der Waals surface area contributed by atoms with Gasteiger partial charge in [-0.05, 0) is 37.1 Å². The molecule has 1 aliphatic rings. The van der Waals surface area contributed by atoms with Gasteiger partial charge in [0.15, 0.2) is 0 Å². The van der Waals surface area contributed by atoms with E-state index in [2.05, 4.69) is 17.4 Å². The van der Waals surface area contributed by atoms with Gasteiger partial charge in [0.05, 0.1) is 0 Å². The van der Waals surface area contributed by atoms with Gasteiger partial charge >= 0.3 is 0 Å². The lowest BCUT2D eigenvalue weighted by Crippen LogP contribution is -2.06. The van der Waals surface area contributed by atoms with Gasteiger partial charge in [-0.1, -0.05) is 18.2 Å². The van der Waals surface area contributed by atoms with Gasteiger partial charge in [-0.3, -0.25) is 0 Å². The second kappa shape index (κ2) is 4.01. The quantitative estimate of drug-likeness (QED) is 0.745. The highest BCUT2D eigenvalue weighted by Gasteiger charge is 2.03. The standard InChI is InChI=1S/C12H14N2/c13-10-6-8-12(9-7-10)14-11-4-2-1-3-5-11/h1-6,8,14H,7,9,13H2. The van der Waals surface area contributed by atoms with E-state index in [0.29, 0.717) is 0 Å². The molecule has 0 saturated heterocycles. The summed E-state index contributed by atoms with van der Waals surface area (Å²) in [5.41, 5.74) is 9.00. The van der Waals surface area contributed by atoms with Crippen molar-refractivity contribution in [3.8, 4) is 0 Å². The molecular formula is C12H14N2. The molecule has 14 heavy (non-hydrogen) atoms. The number of hydrogen-bond acceptors (Lipinski definition) is 2. The van der Waals surface area contributed by atoms with Crippen LogP contribution in [0, 0.1) is 0 Å². The summed E-state index contributed by atoms with van der Waals surface area (Å²) in [7, 11) is 0. The molecule has 0 fully saturated rings. The van der Waals surface area contributed by atoms with Crippen LogP contribution in [-0.2, 0) is 0 Å². The molecule has 0 unspecified atom stereocenters. The van der Waals surface area contributed by atoms with Gasteiger partial charge < -0.3 is 11.1 Å². The van der Waals surface area contributed by atoms with Crippen LogP contribution < -0.4 is 11.1 Å². The highest BCUT2D eigenvalue weighted by molar-refractivity contribution is 5.49. The topological polar surface area (TPSA) is 38.0 Å². The van der Waals surface area contributed by atoms with Crippen molar-refractivity contribution in [3.63, 3.8) is 0 Å². The fourth-order valence-electron chi connectivity index (χ4n) is 1.46. The van der Waals surface area contributed by atoms with Gasteiger partial charge in [0.2, 0.25) is 0 Å². The van der Waals surface area contributed by atoms with Crippen LogP contribution in [0.2, 0.25) is 0 Å². The first kappa shape index (κ1) is 8.88. The predicted octanol–water partition coefficient (Wildman–Crippen LogP) is 2.62. The van der Waals surface area contributed by atoms with Gasteiger partial charge in [0, 0.05) is 17.1 Å². The SMILES string of the molecule is NC1=CC=C(Nc2ccccc2)CC1. The van der Waals surface area contributed by atoms with E-state index in [9.17, 15) is 0 Å². The molecular weight excluding hydrogens is 172 g/mol. The Morgan fingerprint density at radius 2 is 1.79 bits per heavy atom. The summed E-state index contributed by atoms with van der Waals surface area (Å²) in [6, 6.07) is 10.2. The lowest BCUT2D eigenvalue weighted by molar-refractivity contribution is 0.897. The maximum Gasteiger partial charge on any atom is 0.0381 e. The molecule has 0 aliphatic heterocycles. The van der Waals surface area contributed by atoms with Crippen LogP contribution in [-0.4, -0.2) is 0 Å². The molecule has 0 radical (unpaired) electrons. The van der Waals surface area contributed by atoms with Crippen molar-refractivity contribution in [2.75, 3.05) is 5.32 Å². The number of para-hydroxylation sites is 1. The number of allylic oxidation sites excluding steroid dienone is 4. The minimum atomic E-state index is 0.950. The monoisotopic (exact) mass is 186 g/mol. The molecule has 2 heteroatoms. The maximum absolute atomic E-state index is 5.68. The summed E-state index contributed by atoms with van der Waals surface area (Å²) >= 11 is 0. The molecule has 0 bridgehead atoms. The first-order chi connectivity index (χ1) is 6.84. The second-order valence-corrected chi connectivity index (χ2v) is 3.42. The number of hydrogen-bond donors (Lipinski definition) is 2. The second-order valence-electron chi connectivity index (χ2n) is 3.42. The molecule has 0 heterocycles. The van der Waals surface area contributed by atoms with Crippen LogP contribution in [0.1, 0.15) is 12.8 Å². The fourth-order valence-corrected chi connectivity index (χ4v) is 1.46.